The van der Waals surface area contributed by atoms with Crippen LogP contribution in [0.25, 0.3) is 0 Å². The first-order valence-electron chi connectivity index (χ1n) is 2.95. The van der Waals surface area contributed by atoms with Crippen molar-refractivity contribution in [2.24, 2.45) is 7.05 Å². The lowest BCUT2D eigenvalue weighted by atomic mass is 9.81. The minimum absolute atomic E-state index is 0.134. The molecule has 0 aliphatic carbocycles. The second-order valence-electron chi connectivity index (χ2n) is 2.06. The van der Waals surface area contributed by atoms with Crippen LogP contribution in [0.4, 0.5) is 0 Å². The summed E-state index contributed by atoms with van der Waals surface area (Å²) in [5, 5.41) is 29.6. The molecule has 0 radical (unpaired) electrons. The fraction of sp³-hybridized carbons (Fsp3) is 0.200. The van der Waals surface area contributed by atoms with Crippen LogP contribution in [0.2, 0.25) is 0 Å². The van der Waals surface area contributed by atoms with Crippen LogP contribution in [0.5, 0.6) is 0 Å². The van der Waals surface area contributed by atoms with Crippen LogP contribution in [-0.4, -0.2) is 26.9 Å². The van der Waals surface area contributed by atoms with E-state index in [1.54, 1.807) is 13.1 Å². The van der Waals surface area contributed by atoms with Gasteiger partial charge in [0.2, 0.25) is 0 Å². The number of aromatic nitrogens is 2. The molecule has 5 nitrogen and oxygen atoms in total. The zero-order valence-electron chi connectivity index (χ0n) is 5.89. The van der Waals surface area contributed by atoms with Crippen LogP contribution >= 0.6 is 0 Å². The molecule has 56 valence electrons. The highest BCUT2D eigenvalue weighted by Crippen LogP contribution is 1.90. The van der Waals surface area contributed by atoms with E-state index in [1.165, 1.54) is 10.9 Å². The lowest BCUT2D eigenvalue weighted by Crippen LogP contribution is -2.31. The molecule has 0 saturated carbocycles. The van der Waals surface area contributed by atoms with E-state index in [0.29, 0.717) is 0 Å². The highest BCUT2D eigenvalue weighted by molar-refractivity contribution is 6.59. The van der Waals surface area contributed by atoms with Crippen LogP contribution in [0, 0.1) is 11.3 Å². The third-order valence-corrected chi connectivity index (χ3v) is 1.35. The molecule has 2 N–H and O–H groups in total. The second-order valence-corrected chi connectivity index (χ2v) is 2.06. The van der Waals surface area contributed by atoms with Crippen molar-refractivity contribution in [3.8, 4) is 6.07 Å². The second kappa shape index (κ2) is 2.74. The van der Waals surface area contributed by atoms with E-state index in [-0.39, 0.29) is 11.2 Å². The Bertz CT molecular complexity index is 301. The van der Waals surface area contributed by atoms with Crippen molar-refractivity contribution >= 4 is 12.6 Å². The van der Waals surface area contributed by atoms with Crippen LogP contribution in [0.3, 0.4) is 0 Å². The fourth-order valence-electron chi connectivity index (χ4n) is 0.780. The molecular weight excluding hydrogens is 145 g/mol. The molecule has 1 heterocycles. The van der Waals surface area contributed by atoms with Crippen LogP contribution in [0.15, 0.2) is 6.20 Å². The van der Waals surface area contributed by atoms with E-state index in [2.05, 4.69) is 5.10 Å². The summed E-state index contributed by atoms with van der Waals surface area (Å²) in [6, 6.07) is 1.81. The molecule has 0 saturated heterocycles. The van der Waals surface area contributed by atoms with Gasteiger partial charge in [0.25, 0.3) is 0 Å². The Morgan fingerprint density at radius 3 is 2.73 bits per heavy atom. The Balaban J connectivity index is 3.19. The number of hydrogen-bond acceptors (Lipinski definition) is 4. The van der Waals surface area contributed by atoms with E-state index in [9.17, 15) is 0 Å². The monoisotopic (exact) mass is 151 g/mol. The third kappa shape index (κ3) is 1.24. The average molecular weight is 151 g/mol. The molecule has 0 fully saturated rings. The topological polar surface area (TPSA) is 82.1 Å². The van der Waals surface area contributed by atoms with Gasteiger partial charge >= 0.3 is 7.12 Å². The molecule has 1 aromatic heterocycles. The van der Waals surface area contributed by atoms with Crippen molar-refractivity contribution in [2.45, 2.75) is 0 Å². The van der Waals surface area contributed by atoms with Crippen molar-refractivity contribution in [1.82, 2.24) is 9.78 Å². The number of aryl methyl sites for hydroxylation is 1. The first-order chi connectivity index (χ1) is 5.16. The van der Waals surface area contributed by atoms with Gasteiger partial charge in [-0.1, -0.05) is 0 Å². The maximum Gasteiger partial charge on any atom is 0.493 e. The fourth-order valence-corrected chi connectivity index (χ4v) is 0.780. The molecule has 0 aliphatic rings. The smallest absolute Gasteiger partial charge is 0.423 e. The van der Waals surface area contributed by atoms with Crippen molar-refractivity contribution < 1.29 is 10.0 Å². The molecule has 0 amide bonds. The molecule has 0 bridgehead atoms. The van der Waals surface area contributed by atoms with Crippen molar-refractivity contribution in [3.05, 3.63) is 11.9 Å². The van der Waals surface area contributed by atoms with Crippen LogP contribution in [-0.2, 0) is 7.05 Å². The molecule has 6 heteroatoms. The van der Waals surface area contributed by atoms with Crippen molar-refractivity contribution in [2.75, 3.05) is 0 Å². The van der Waals surface area contributed by atoms with Gasteiger partial charge in [-0.15, -0.1) is 0 Å². The average Bonchev–Trinajstić information content (AvgIpc) is 2.30. The minimum Gasteiger partial charge on any atom is -0.423 e. The predicted octanol–water partition coefficient (Wildman–Crippen LogP) is -2.03. The Labute approximate surface area is 63.6 Å². The Morgan fingerprint density at radius 2 is 2.36 bits per heavy atom. The van der Waals surface area contributed by atoms with Gasteiger partial charge in [0.1, 0.15) is 11.8 Å². The molecule has 0 spiro atoms. The molecule has 0 aromatic carbocycles. The number of nitriles is 1. The van der Waals surface area contributed by atoms with Crippen molar-refractivity contribution in [1.29, 1.82) is 5.26 Å². The van der Waals surface area contributed by atoms with E-state index in [1.807, 2.05) is 0 Å². The van der Waals surface area contributed by atoms with Gasteiger partial charge in [0, 0.05) is 12.5 Å². The van der Waals surface area contributed by atoms with Gasteiger partial charge in [0.05, 0.1) is 6.20 Å². The highest BCUT2D eigenvalue weighted by atomic mass is 16.4. The van der Waals surface area contributed by atoms with Crippen LogP contribution < -0.4 is 5.46 Å². The number of nitrogens with zero attached hydrogens (tertiary/aromatic N) is 3. The highest BCUT2D eigenvalue weighted by Gasteiger charge is 2.19. The summed E-state index contributed by atoms with van der Waals surface area (Å²) in [5.74, 6) is 0. The summed E-state index contributed by atoms with van der Waals surface area (Å²) in [6.07, 6.45) is 1.25. The number of rotatable bonds is 1. The molecule has 0 aliphatic heterocycles. The zero-order valence-corrected chi connectivity index (χ0v) is 5.89. The third-order valence-electron chi connectivity index (χ3n) is 1.35. The van der Waals surface area contributed by atoms with Crippen LogP contribution in [0.1, 0.15) is 5.69 Å². The normalized spacial score (nSPS) is 9.27. The van der Waals surface area contributed by atoms with Gasteiger partial charge in [0.15, 0.2) is 0 Å². The minimum atomic E-state index is -1.63. The SMILES string of the molecule is Cn1ncc(B(O)O)c1C#N. The molecular formula is C5H6BN3O2. The standard InChI is InChI=1S/C5H6BN3O2/c1-9-5(2-7)4(3-8-9)6(10)11/h3,10-11H,1H3. The Hall–Kier alpha value is -1.32. The van der Waals surface area contributed by atoms with Gasteiger partial charge in [-0.2, -0.15) is 10.4 Å². The van der Waals surface area contributed by atoms with Gasteiger partial charge in [-0.25, -0.2) is 0 Å². The van der Waals surface area contributed by atoms with E-state index >= 15 is 0 Å². The summed E-state index contributed by atoms with van der Waals surface area (Å²) in [5.41, 5.74) is 0.301. The molecule has 0 atom stereocenters. The lowest BCUT2D eigenvalue weighted by molar-refractivity contribution is 0.425. The first kappa shape index (κ1) is 7.79. The zero-order chi connectivity index (χ0) is 8.43. The van der Waals surface area contributed by atoms with Gasteiger partial charge in [-0.3, -0.25) is 4.68 Å². The summed E-state index contributed by atoms with van der Waals surface area (Å²) in [7, 11) is -0.0666. The lowest BCUT2D eigenvalue weighted by Gasteiger charge is -1.93. The van der Waals surface area contributed by atoms with Gasteiger partial charge < -0.3 is 10.0 Å². The first-order valence-corrected chi connectivity index (χ1v) is 2.95. The molecule has 11 heavy (non-hydrogen) atoms. The summed E-state index contributed by atoms with van der Waals surface area (Å²) in [6.45, 7) is 0. The molecule has 0 unspecified atom stereocenters. The number of hydrogen-bond donors (Lipinski definition) is 2. The van der Waals surface area contributed by atoms with Gasteiger partial charge in [-0.05, 0) is 0 Å². The predicted molar refractivity (Wildman–Crippen MR) is 37.7 cm³/mol. The van der Waals surface area contributed by atoms with E-state index in [4.69, 9.17) is 15.3 Å². The summed E-state index contributed by atoms with van der Waals surface area (Å²) < 4.78 is 1.29. The Kier molecular flexibility index (Phi) is 1.94. The molecule has 1 aromatic rings. The van der Waals surface area contributed by atoms with E-state index in [0.717, 1.165) is 0 Å². The Morgan fingerprint density at radius 1 is 1.73 bits per heavy atom. The quantitative estimate of drug-likeness (QED) is 0.453. The maximum atomic E-state index is 8.70. The van der Waals surface area contributed by atoms with Crippen molar-refractivity contribution in [3.63, 3.8) is 0 Å². The molecule has 1 rings (SSSR count). The summed E-state index contributed by atoms with van der Waals surface area (Å²) in [4.78, 5) is 0. The largest absolute Gasteiger partial charge is 0.493 e. The summed E-state index contributed by atoms with van der Waals surface area (Å²) >= 11 is 0. The maximum absolute atomic E-state index is 8.70. The van der Waals surface area contributed by atoms with E-state index < -0.39 is 7.12 Å².